The lowest BCUT2D eigenvalue weighted by atomic mass is 10.00. The fraction of sp³-hybridized carbons (Fsp3) is 0.667. The van der Waals surface area contributed by atoms with Crippen molar-refractivity contribution in [3.63, 3.8) is 0 Å². The maximum absolute atomic E-state index is 5.09. The lowest BCUT2D eigenvalue weighted by Gasteiger charge is -2.28. The molecular formula is C21H38IN5O. The number of nitrogens with one attached hydrogen (secondary N) is 2. The second-order valence-electron chi connectivity index (χ2n) is 7.22. The summed E-state index contributed by atoms with van der Waals surface area (Å²) in [6, 6.07) is 8.82. The summed E-state index contributed by atoms with van der Waals surface area (Å²) < 4.78 is 5.09. The molecule has 0 aromatic heterocycles. The topological polar surface area (TPSA) is 52.1 Å². The molecule has 7 heteroatoms. The predicted molar refractivity (Wildman–Crippen MR) is 129 cm³/mol. The first kappa shape index (κ1) is 25.1. The zero-order valence-electron chi connectivity index (χ0n) is 17.7. The lowest BCUT2D eigenvalue weighted by molar-refractivity contribution is 0.180. The Bertz CT molecular complexity index is 569. The van der Waals surface area contributed by atoms with Gasteiger partial charge in [0, 0.05) is 66.6 Å². The molecule has 1 aromatic rings. The third-order valence-corrected chi connectivity index (χ3v) is 5.05. The largest absolute Gasteiger partial charge is 0.385 e. The van der Waals surface area contributed by atoms with E-state index in [0.717, 1.165) is 64.7 Å². The van der Waals surface area contributed by atoms with Gasteiger partial charge in [-0.15, -0.1) is 24.0 Å². The minimum Gasteiger partial charge on any atom is -0.385 e. The van der Waals surface area contributed by atoms with E-state index in [0.29, 0.717) is 0 Å². The van der Waals surface area contributed by atoms with Crippen molar-refractivity contribution in [3.8, 4) is 0 Å². The quantitative estimate of drug-likeness (QED) is 0.210. The van der Waals surface area contributed by atoms with Gasteiger partial charge in [0.15, 0.2) is 5.96 Å². The average molecular weight is 503 g/mol. The third-order valence-electron chi connectivity index (χ3n) is 5.05. The Morgan fingerprint density at radius 3 is 2.64 bits per heavy atom. The highest BCUT2D eigenvalue weighted by atomic mass is 127. The van der Waals surface area contributed by atoms with Crippen molar-refractivity contribution in [1.29, 1.82) is 0 Å². The zero-order valence-corrected chi connectivity index (χ0v) is 20.1. The van der Waals surface area contributed by atoms with Crippen LogP contribution in [0, 0.1) is 0 Å². The van der Waals surface area contributed by atoms with Crippen LogP contribution in [0.2, 0.25) is 0 Å². The van der Waals surface area contributed by atoms with E-state index in [9.17, 15) is 0 Å². The van der Waals surface area contributed by atoms with Crippen LogP contribution in [0.4, 0.5) is 0 Å². The Morgan fingerprint density at radius 2 is 1.89 bits per heavy atom. The SMILES string of the molecule is CN=C(NCCCN1CCc2ccccc2C1)NCCN(C)CCCOC.I. The third kappa shape index (κ3) is 9.54. The van der Waals surface area contributed by atoms with Crippen molar-refractivity contribution >= 4 is 29.9 Å². The molecule has 0 fully saturated rings. The van der Waals surface area contributed by atoms with E-state index < -0.39 is 0 Å². The Kier molecular flexibility index (Phi) is 13.5. The molecule has 1 aromatic carbocycles. The van der Waals surface area contributed by atoms with Crippen molar-refractivity contribution in [2.75, 3.05) is 67.1 Å². The van der Waals surface area contributed by atoms with Crippen molar-refractivity contribution in [2.24, 2.45) is 4.99 Å². The van der Waals surface area contributed by atoms with Crippen LogP contribution in [0.15, 0.2) is 29.3 Å². The highest BCUT2D eigenvalue weighted by molar-refractivity contribution is 14.0. The van der Waals surface area contributed by atoms with Gasteiger partial charge in [-0.25, -0.2) is 0 Å². The molecule has 0 aliphatic carbocycles. The first-order valence-electron chi connectivity index (χ1n) is 10.1. The van der Waals surface area contributed by atoms with Crippen LogP contribution in [0.3, 0.4) is 0 Å². The molecule has 2 N–H and O–H groups in total. The second-order valence-corrected chi connectivity index (χ2v) is 7.22. The van der Waals surface area contributed by atoms with Gasteiger partial charge in [-0.2, -0.15) is 0 Å². The first-order chi connectivity index (χ1) is 13.2. The number of likely N-dealkylation sites (N-methyl/N-ethyl adjacent to an activating group) is 1. The van der Waals surface area contributed by atoms with Crippen LogP contribution in [0.1, 0.15) is 24.0 Å². The van der Waals surface area contributed by atoms with Crippen molar-refractivity contribution in [3.05, 3.63) is 35.4 Å². The first-order valence-corrected chi connectivity index (χ1v) is 10.1. The molecule has 0 saturated heterocycles. The number of rotatable bonds is 11. The minimum atomic E-state index is 0. The molecule has 0 saturated carbocycles. The molecule has 0 radical (unpaired) electrons. The fourth-order valence-corrected chi connectivity index (χ4v) is 3.43. The summed E-state index contributed by atoms with van der Waals surface area (Å²) in [5.41, 5.74) is 3.01. The van der Waals surface area contributed by atoms with Gasteiger partial charge < -0.3 is 20.3 Å². The number of ether oxygens (including phenoxy) is 1. The summed E-state index contributed by atoms with van der Waals surface area (Å²) in [5.74, 6) is 0.893. The van der Waals surface area contributed by atoms with E-state index in [1.807, 2.05) is 7.05 Å². The van der Waals surface area contributed by atoms with Crippen LogP contribution in [0.25, 0.3) is 0 Å². The average Bonchev–Trinajstić information content (AvgIpc) is 2.70. The summed E-state index contributed by atoms with van der Waals surface area (Å²) in [6.45, 7) is 8.09. The molecule has 1 heterocycles. The number of halogens is 1. The van der Waals surface area contributed by atoms with E-state index >= 15 is 0 Å². The number of nitrogens with zero attached hydrogens (tertiary/aromatic N) is 3. The van der Waals surface area contributed by atoms with E-state index in [1.54, 1.807) is 7.11 Å². The zero-order chi connectivity index (χ0) is 19.3. The standard InChI is InChI=1S/C21H37N5O.HI/c1-22-21(24-12-16-25(2)13-7-17-27-3)23-11-6-14-26-15-10-19-8-4-5-9-20(19)18-26;/h4-5,8-9H,6-7,10-18H2,1-3H3,(H2,22,23,24);1H. The second kappa shape index (κ2) is 15.0. The maximum Gasteiger partial charge on any atom is 0.191 e. The van der Waals surface area contributed by atoms with Crippen molar-refractivity contribution in [2.45, 2.75) is 25.8 Å². The van der Waals surface area contributed by atoms with Gasteiger partial charge in [0.1, 0.15) is 0 Å². The molecular weight excluding hydrogens is 465 g/mol. The molecule has 0 spiro atoms. The monoisotopic (exact) mass is 503 g/mol. The number of aliphatic imine (C=N–C) groups is 1. The Morgan fingerprint density at radius 1 is 1.14 bits per heavy atom. The van der Waals surface area contributed by atoms with E-state index in [-0.39, 0.29) is 24.0 Å². The van der Waals surface area contributed by atoms with Gasteiger partial charge in [-0.05, 0) is 37.4 Å². The maximum atomic E-state index is 5.09. The van der Waals surface area contributed by atoms with Gasteiger partial charge in [0.05, 0.1) is 0 Å². The summed E-state index contributed by atoms with van der Waals surface area (Å²) in [6.07, 6.45) is 3.37. The number of guanidine groups is 1. The van der Waals surface area contributed by atoms with Crippen LogP contribution >= 0.6 is 24.0 Å². The van der Waals surface area contributed by atoms with Crippen molar-refractivity contribution < 1.29 is 4.74 Å². The molecule has 1 aliphatic heterocycles. The van der Waals surface area contributed by atoms with E-state index in [2.05, 4.69) is 56.7 Å². The number of hydrogen-bond acceptors (Lipinski definition) is 4. The Labute approximate surface area is 188 Å². The van der Waals surface area contributed by atoms with Crippen LogP contribution in [-0.4, -0.2) is 82.8 Å². The molecule has 0 amide bonds. The molecule has 0 atom stereocenters. The number of fused-ring (bicyclic) bond motifs is 1. The number of hydrogen-bond donors (Lipinski definition) is 2. The van der Waals surface area contributed by atoms with Gasteiger partial charge in [-0.3, -0.25) is 9.89 Å². The highest BCUT2D eigenvalue weighted by Gasteiger charge is 2.14. The highest BCUT2D eigenvalue weighted by Crippen LogP contribution is 2.18. The number of benzene rings is 1. The minimum absolute atomic E-state index is 0. The Hall–Kier alpha value is -0.900. The van der Waals surface area contributed by atoms with Gasteiger partial charge in [-0.1, -0.05) is 24.3 Å². The molecule has 1 aliphatic rings. The van der Waals surface area contributed by atoms with Gasteiger partial charge in [0.2, 0.25) is 0 Å². The van der Waals surface area contributed by atoms with Gasteiger partial charge in [0.25, 0.3) is 0 Å². The van der Waals surface area contributed by atoms with Gasteiger partial charge >= 0.3 is 0 Å². The van der Waals surface area contributed by atoms with Crippen LogP contribution in [0.5, 0.6) is 0 Å². The smallest absolute Gasteiger partial charge is 0.191 e. The molecule has 0 bridgehead atoms. The van der Waals surface area contributed by atoms with Crippen LogP contribution < -0.4 is 10.6 Å². The molecule has 6 nitrogen and oxygen atoms in total. The fourth-order valence-electron chi connectivity index (χ4n) is 3.43. The molecule has 0 unspecified atom stereocenters. The van der Waals surface area contributed by atoms with E-state index in [1.165, 1.54) is 24.1 Å². The molecule has 2 rings (SSSR count). The normalized spacial score (nSPS) is 14.5. The van der Waals surface area contributed by atoms with E-state index in [4.69, 9.17) is 4.74 Å². The molecule has 160 valence electrons. The lowest BCUT2D eigenvalue weighted by Crippen LogP contribution is -2.42. The molecule has 28 heavy (non-hydrogen) atoms. The Balaban J connectivity index is 0.00000392. The summed E-state index contributed by atoms with van der Waals surface area (Å²) in [4.78, 5) is 9.18. The van der Waals surface area contributed by atoms with Crippen molar-refractivity contribution in [1.82, 2.24) is 20.4 Å². The summed E-state index contributed by atoms with van der Waals surface area (Å²) >= 11 is 0. The summed E-state index contributed by atoms with van der Waals surface area (Å²) in [7, 11) is 5.73. The van der Waals surface area contributed by atoms with Crippen LogP contribution in [-0.2, 0) is 17.7 Å². The summed E-state index contributed by atoms with van der Waals surface area (Å²) in [5, 5.41) is 6.82. The number of methoxy groups -OCH3 is 1. The predicted octanol–water partition coefficient (Wildman–Crippen LogP) is 2.19.